The molecule has 2 aromatic carbocycles. The lowest BCUT2D eigenvalue weighted by molar-refractivity contribution is 0.0740. The molecule has 2 heterocycles. The molecule has 0 atom stereocenters. The number of ether oxygens (including phenoxy) is 2. The molecule has 33 heavy (non-hydrogen) atoms. The summed E-state index contributed by atoms with van der Waals surface area (Å²) < 4.78 is 12.0. The van der Waals surface area contributed by atoms with Gasteiger partial charge in [-0.05, 0) is 25.1 Å². The number of methoxy groups -OCH3 is 1. The van der Waals surface area contributed by atoms with Crippen molar-refractivity contribution in [3.05, 3.63) is 63.5 Å². The van der Waals surface area contributed by atoms with E-state index in [-0.39, 0.29) is 11.5 Å². The molecule has 9 heteroatoms. The van der Waals surface area contributed by atoms with E-state index in [1.807, 2.05) is 25.1 Å². The molecule has 1 amide bonds. The van der Waals surface area contributed by atoms with Crippen molar-refractivity contribution in [2.45, 2.75) is 13.5 Å². The lowest BCUT2D eigenvalue weighted by Crippen LogP contribution is -2.49. The molecule has 0 radical (unpaired) electrons. The van der Waals surface area contributed by atoms with Crippen LogP contribution in [-0.2, 0) is 11.3 Å². The number of amides is 1. The largest absolute Gasteiger partial charge is 0.491 e. The summed E-state index contributed by atoms with van der Waals surface area (Å²) in [6.45, 7) is 5.55. The fraction of sp³-hybridized carbons (Fsp3) is 0.375. The third kappa shape index (κ3) is 4.82. The SMILES string of the molecule is CCn1nc(C(=O)N2CCN(c3ccc(OCCOC)cc3Cl)CC2)c2ccccc2c1=O. The average molecular weight is 471 g/mol. The number of aryl methyl sites for hydroxylation is 1. The Balaban J connectivity index is 1.48. The van der Waals surface area contributed by atoms with E-state index in [1.165, 1.54) is 4.68 Å². The Labute approximate surface area is 197 Å². The Morgan fingerprint density at radius 3 is 2.45 bits per heavy atom. The third-order valence-electron chi connectivity index (χ3n) is 5.75. The quantitative estimate of drug-likeness (QED) is 0.494. The van der Waals surface area contributed by atoms with Gasteiger partial charge in [0.05, 0.1) is 22.7 Å². The molecule has 1 fully saturated rings. The number of aromatic nitrogens is 2. The molecule has 1 aliphatic heterocycles. The predicted octanol–water partition coefficient (Wildman–Crippen LogP) is 3.06. The topological polar surface area (TPSA) is 76.9 Å². The number of hydrogen-bond acceptors (Lipinski definition) is 6. The van der Waals surface area contributed by atoms with Crippen LogP contribution in [0, 0.1) is 0 Å². The highest BCUT2D eigenvalue weighted by atomic mass is 35.5. The van der Waals surface area contributed by atoms with Gasteiger partial charge in [-0.15, -0.1) is 0 Å². The van der Waals surface area contributed by atoms with Crippen LogP contribution in [0.4, 0.5) is 5.69 Å². The van der Waals surface area contributed by atoms with Gasteiger partial charge in [0.15, 0.2) is 5.69 Å². The van der Waals surface area contributed by atoms with E-state index in [0.29, 0.717) is 73.2 Å². The predicted molar refractivity (Wildman–Crippen MR) is 129 cm³/mol. The third-order valence-corrected chi connectivity index (χ3v) is 6.06. The van der Waals surface area contributed by atoms with Gasteiger partial charge in [-0.2, -0.15) is 5.10 Å². The summed E-state index contributed by atoms with van der Waals surface area (Å²) in [4.78, 5) is 29.9. The normalized spacial score (nSPS) is 14.0. The summed E-state index contributed by atoms with van der Waals surface area (Å²) in [7, 11) is 1.63. The Morgan fingerprint density at radius 2 is 1.79 bits per heavy atom. The van der Waals surface area contributed by atoms with E-state index < -0.39 is 0 Å². The molecule has 3 aromatic rings. The van der Waals surface area contributed by atoms with Crippen molar-refractivity contribution in [2.75, 3.05) is 51.4 Å². The molecule has 0 saturated carbocycles. The number of nitrogens with zero attached hydrogens (tertiary/aromatic N) is 4. The maximum atomic E-state index is 13.3. The van der Waals surface area contributed by atoms with Crippen molar-refractivity contribution in [2.24, 2.45) is 0 Å². The molecule has 0 unspecified atom stereocenters. The molecule has 0 aliphatic carbocycles. The number of fused-ring (bicyclic) bond motifs is 1. The zero-order chi connectivity index (χ0) is 23.4. The number of hydrogen-bond donors (Lipinski definition) is 0. The Morgan fingerprint density at radius 1 is 1.06 bits per heavy atom. The van der Waals surface area contributed by atoms with Gasteiger partial charge in [-0.25, -0.2) is 4.68 Å². The molecule has 4 rings (SSSR count). The number of piperazine rings is 1. The highest BCUT2D eigenvalue weighted by Crippen LogP contribution is 2.31. The first-order chi connectivity index (χ1) is 16.0. The van der Waals surface area contributed by atoms with E-state index in [4.69, 9.17) is 21.1 Å². The maximum Gasteiger partial charge on any atom is 0.275 e. The summed E-state index contributed by atoms with van der Waals surface area (Å²) in [5, 5.41) is 6.08. The van der Waals surface area contributed by atoms with Crippen LogP contribution in [0.2, 0.25) is 5.02 Å². The second-order valence-corrected chi connectivity index (χ2v) is 8.16. The Kier molecular flexibility index (Phi) is 7.15. The van der Waals surface area contributed by atoms with Crippen LogP contribution >= 0.6 is 11.6 Å². The molecule has 0 bridgehead atoms. The number of carbonyl (C=O) groups is 1. The van der Waals surface area contributed by atoms with E-state index in [1.54, 1.807) is 36.3 Å². The van der Waals surface area contributed by atoms with Crippen LogP contribution in [0.1, 0.15) is 17.4 Å². The van der Waals surface area contributed by atoms with Crippen molar-refractivity contribution >= 4 is 34.0 Å². The average Bonchev–Trinajstić information content (AvgIpc) is 2.84. The van der Waals surface area contributed by atoms with Gasteiger partial charge < -0.3 is 19.3 Å². The van der Waals surface area contributed by atoms with Gasteiger partial charge in [0.1, 0.15) is 12.4 Å². The van der Waals surface area contributed by atoms with Gasteiger partial charge in [-0.1, -0.05) is 29.8 Å². The second kappa shape index (κ2) is 10.2. The first-order valence-corrected chi connectivity index (χ1v) is 11.4. The van der Waals surface area contributed by atoms with Gasteiger partial charge in [0.25, 0.3) is 11.5 Å². The molecule has 1 saturated heterocycles. The molecule has 0 spiro atoms. The highest BCUT2D eigenvalue weighted by Gasteiger charge is 2.26. The highest BCUT2D eigenvalue weighted by molar-refractivity contribution is 6.33. The zero-order valence-electron chi connectivity index (χ0n) is 18.8. The fourth-order valence-electron chi connectivity index (χ4n) is 3.98. The molecule has 8 nitrogen and oxygen atoms in total. The number of rotatable bonds is 7. The van der Waals surface area contributed by atoms with Crippen LogP contribution in [0.3, 0.4) is 0 Å². The van der Waals surface area contributed by atoms with E-state index >= 15 is 0 Å². The van der Waals surface area contributed by atoms with Crippen molar-refractivity contribution < 1.29 is 14.3 Å². The smallest absolute Gasteiger partial charge is 0.275 e. The van der Waals surface area contributed by atoms with Crippen LogP contribution < -0.4 is 15.2 Å². The summed E-state index contributed by atoms with van der Waals surface area (Å²) in [5.41, 5.74) is 1.04. The van der Waals surface area contributed by atoms with Crippen LogP contribution in [0.5, 0.6) is 5.75 Å². The lowest BCUT2D eigenvalue weighted by Gasteiger charge is -2.36. The minimum absolute atomic E-state index is 0.166. The van der Waals surface area contributed by atoms with Gasteiger partial charge in [-0.3, -0.25) is 9.59 Å². The summed E-state index contributed by atoms with van der Waals surface area (Å²) in [6, 6.07) is 12.8. The van der Waals surface area contributed by atoms with Gasteiger partial charge in [0, 0.05) is 51.3 Å². The summed E-state index contributed by atoms with van der Waals surface area (Å²) in [5.74, 6) is 0.527. The first kappa shape index (κ1) is 23.1. The first-order valence-electron chi connectivity index (χ1n) is 11.0. The minimum Gasteiger partial charge on any atom is -0.491 e. The lowest BCUT2D eigenvalue weighted by atomic mass is 10.1. The molecular weight excluding hydrogens is 444 g/mol. The van der Waals surface area contributed by atoms with Crippen molar-refractivity contribution in [1.82, 2.24) is 14.7 Å². The number of halogens is 1. The van der Waals surface area contributed by atoms with Crippen molar-refractivity contribution in [3.63, 3.8) is 0 Å². The fourth-order valence-corrected chi connectivity index (χ4v) is 4.27. The van der Waals surface area contributed by atoms with Crippen LogP contribution in [0.15, 0.2) is 47.3 Å². The van der Waals surface area contributed by atoms with Gasteiger partial charge >= 0.3 is 0 Å². The molecule has 174 valence electrons. The zero-order valence-corrected chi connectivity index (χ0v) is 19.5. The second-order valence-electron chi connectivity index (χ2n) is 7.75. The van der Waals surface area contributed by atoms with Crippen LogP contribution in [0.25, 0.3) is 10.8 Å². The van der Waals surface area contributed by atoms with Crippen LogP contribution in [-0.4, -0.2) is 67.1 Å². The molecule has 1 aliphatic rings. The number of anilines is 1. The van der Waals surface area contributed by atoms with Gasteiger partial charge in [0.2, 0.25) is 0 Å². The maximum absolute atomic E-state index is 13.3. The standard InChI is InChI=1S/C24H27ClN4O4/c1-3-29-23(30)19-7-5-4-6-18(19)22(26-29)24(31)28-12-10-27(11-13-28)21-9-8-17(16-20(21)25)33-15-14-32-2/h4-9,16H,3,10-15H2,1-2H3. The van der Waals surface area contributed by atoms with E-state index in [2.05, 4.69) is 10.00 Å². The van der Waals surface area contributed by atoms with Crippen molar-refractivity contribution in [3.8, 4) is 5.75 Å². The Bertz CT molecular complexity index is 1200. The monoisotopic (exact) mass is 470 g/mol. The molecular formula is C24H27ClN4O4. The number of benzene rings is 2. The minimum atomic E-state index is -0.182. The van der Waals surface area contributed by atoms with E-state index in [0.717, 1.165) is 5.69 Å². The summed E-state index contributed by atoms with van der Waals surface area (Å²) >= 11 is 6.51. The summed E-state index contributed by atoms with van der Waals surface area (Å²) in [6.07, 6.45) is 0. The van der Waals surface area contributed by atoms with E-state index in [9.17, 15) is 9.59 Å². The molecule has 1 aromatic heterocycles. The number of carbonyl (C=O) groups excluding carboxylic acids is 1. The Hall–Kier alpha value is -3.10. The molecule has 0 N–H and O–H groups in total. The van der Waals surface area contributed by atoms with Crippen molar-refractivity contribution in [1.29, 1.82) is 0 Å².